The Balaban J connectivity index is 1.56. The van der Waals surface area contributed by atoms with Crippen molar-refractivity contribution >= 4 is 35.1 Å². The number of carbonyl (C=O) groups is 1. The van der Waals surface area contributed by atoms with Crippen molar-refractivity contribution in [1.29, 1.82) is 0 Å². The van der Waals surface area contributed by atoms with Crippen LogP contribution in [0.5, 0.6) is 5.75 Å². The number of hydrogen-bond acceptors (Lipinski definition) is 6. The van der Waals surface area contributed by atoms with Gasteiger partial charge in [-0.1, -0.05) is 49.0 Å². The van der Waals surface area contributed by atoms with Crippen LogP contribution in [0.1, 0.15) is 13.3 Å². The summed E-state index contributed by atoms with van der Waals surface area (Å²) in [6.45, 7) is 7.34. The number of para-hydroxylation sites is 2. The number of thioether (sulfide) groups is 2. The van der Waals surface area contributed by atoms with Crippen molar-refractivity contribution in [1.82, 2.24) is 14.8 Å². The van der Waals surface area contributed by atoms with Gasteiger partial charge in [-0.15, -0.1) is 28.5 Å². The number of ether oxygens (including phenoxy) is 1. The average Bonchev–Trinajstić information content (AvgIpc) is 3.12. The van der Waals surface area contributed by atoms with E-state index in [0.717, 1.165) is 34.9 Å². The normalized spacial score (nSPS) is 15.7. The van der Waals surface area contributed by atoms with Crippen molar-refractivity contribution in [2.75, 3.05) is 24.3 Å². The molecule has 1 aliphatic rings. The van der Waals surface area contributed by atoms with Gasteiger partial charge in [-0.3, -0.25) is 9.36 Å². The van der Waals surface area contributed by atoms with Crippen LogP contribution in [0.25, 0.3) is 11.4 Å². The van der Waals surface area contributed by atoms with Crippen LogP contribution in [-0.2, 0) is 11.3 Å². The molecule has 166 valence electrons. The first-order valence-corrected chi connectivity index (χ1v) is 12.3. The molecule has 1 amide bonds. The summed E-state index contributed by atoms with van der Waals surface area (Å²) in [6.07, 6.45) is 2.76. The van der Waals surface area contributed by atoms with Crippen LogP contribution >= 0.6 is 23.5 Å². The number of fused-ring (bicyclic) bond motifs is 1. The van der Waals surface area contributed by atoms with Crippen LogP contribution < -0.4 is 9.64 Å². The van der Waals surface area contributed by atoms with Gasteiger partial charge in [0.05, 0.1) is 24.1 Å². The first-order valence-electron chi connectivity index (χ1n) is 10.5. The number of anilines is 1. The molecule has 1 atom stereocenters. The molecule has 0 fully saturated rings. The number of carbonyl (C=O) groups excluding carboxylic acids is 1. The minimum absolute atomic E-state index is 0.0733. The fourth-order valence-electron chi connectivity index (χ4n) is 3.67. The highest BCUT2D eigenvalue weighted by Gasteiger charge is 2.25. The SMILES string of the molecule is C=CCn1c(SCC(=O)N2CCC(C)Sc3ccccc32)nnc1-c1ccccc1OC. The van der Waals surface area contributed by atoms with Crippen molar-refractivity contribution in [2.24, 2.45) is 0 Å². The van der Waals surface area contributed by atoms with E-state index in [4.69, 9.17) is 4.74 Å². The van der Waals surface area contributed by atoms with Crippen LogP contribution in [-0.4, -0.2) is 45.3 Å². The van der Waals surface area contributed by atoms with Gasteiger partial charge in [0.2, 0.25) is 5.91 Å². The second kappa shape index (κ2) is 10.3. The molecule has 1 aromatic heterocycles. The van der Waals surface area contributed by atoms with Crippen molar-refractivity contribution in [3.63, 3.8) is 0 Å². The Morgan fingerprint density at radius 3 is 2.84 bits per heavy atom. The summed E-state index contributed by atoms with van der Waals surface area (Å²) in [7, 11) is 1.64. The number of aromatic nitrogens is 3. The molecule has 3 aromatic rings. The Bertz CT molecular complexity index is 1110. The lowest BCUT2D eigenvalue weighted by Crippen LogP contribution is -2.33. The third kappa shape index (κ3) is 4.71. The van der Waals surface area contributed by atoms with Gasteiger partial charge in [0, 0.05) is 23.2 Å². The van der Waals surface area contributed by atoms with Crippen molar-refractivity contribution in [3.8, 4) is 17.1 Å². The van der Waals surface area contributed by atoms with E-state index < -0.39 is 0 Å². The van der Waals surface area contributed by atoms with E-state index in [1.165, 1.54) is 11.8 Å². The first kappa shape index (κ1) is 22.5. The lowest BCUT2D eigenvalue weighted by molar-refractivity contribution is -0.116. The Labute approximate surface area is 197 Å². The number of allylic oxidation sites excluding steroid dienone is 1. The molecule has 0 saturated carbocycles. The van der Waals surface area contributed by atoms with Gasteiger partial charge in [0.1, 0.15) is 5.75 Å². The maximum atomic E-state index is 13.2. The maximum Gasteiger partial charge on any atom is 0.237 e. The quantitative estimate of drug-likeness (QED) is 0.355. The Morgan fingerprint density at radius 1 is 1.25 bits per heavy atom. The largest absolute Gasteiger partial charge is 0.496 e. The van der Waals surface area contributed by atoms with E-state index in [9.17, 15) is 4.79 Å². The Hall–Kier alpha value is -2.71. The van der Waals surface area contributed by atoms with Crippen LogP contribution in [0.4, 0.5) is 5.69 Å². The van der Waals surface area contributed by atoms with Gasteiger partial charge in [0.15, 0.2) is 11.0 Å². The number of hydrogen-bond donors (Lipinski definition) is 0. The third-order valence-corrected chi connectivity index (χ3v) is 7.43. The summed E-state index contributed by atoms with van der Waals surface area (Å²) < 4.78 is 7.47. The molecule has 4 rings (SSSR count). The number of rotatable bonds is 7. The standard InChI is InChI=1S/C24H26N4O2S2/c1-4-14-28-23(18-9-5-7-11-20(18)30-3)25-26-24(28)31-16-22(29)27-15-13-17(2)32-21-12-8-6-10-19(21)27/h4-12,17H,1,13-16H2,2-3H3. The van der Waals surface area contributed by atoms with E-state index in [-0.39, 0.29) is 11.7 Å². The zero-order chi connectivity index (χ0) is 22.5. The second-order valence-corrected chi connectivity index (χ2v) is 9.85. The molecule has 32 heavy (non-hydrogen) atoms. The van der Waals surface area contributed by atoms with E-state index in [2.05, 4.69) is 29.8 Å². The molecule has 1 unspecified atom stereocenters. The summed E-state index contributed by atoms with van der Waals surface area (Å²) in [4.78, 5) is 16.3. The number of amides is 1. The fourth-order valence-corrected chi connectivity index (χ4v) is 5.60. The summed E-state index contributed by atoms with van der Waals surface area (Å²) >= 11 is 3.23. The van der Waals surface area contributed by atoms with Gasteiger partial charge >= 0.3 is 0 Å². The molecular formula is C24H26N4O2S2. The van der Waals surface area contributed by atoms with Gasteiger partial charge in [-0.05, 0) is 30.7 Å². The van der Waals surface area contributed by atoms with Crippen molar-refractivity contribution in [3.05, 3.63) is 61.2 Å². The maximum absolute atomic E-state index is 13.2. The summed E-state index contributed by atoms with van der Waals surface area (Å²) in [5, 5.41) is 9.94. The zero-order valence-electron chi connectivity index (χ0n) is 18.2. The van der Waals surface area contributed by atoms with E-state index >= 15 is 0 Å². The minimum atomic E-state index is 0.0733. The topological polar surface area (TPSA) is 60.2 Å². The highest BCUT2D eigenvalue weighted by molar-refractivity contribution is 8.00. The monoisotopic (exact) mass is 466 g/mol. The number of benzene rings is 2. The van der Waals surface area contributed by atoms with Crippen LogP contribution in [0.15, 0.2) is 71.2 Å². The molecule has 0 bridgehead atoms. The summed E-state index contributed by atoms with van der Waals surface area (Å²) in [5.41, 5.74) is 1.85. The molecule has 0 N–H and O–H groups in total. The number of methoxy groups -OCH3 is 1. The molecule has 0 radical (unpaired) electrons. The smallest absolute Gasteiger partial charge is 0.237 e. The lowest BCUT2D eigenvalue weighted by atomic mass is 10.2. The zero-order valence-corrected chi connectivity index (χ0v) is 19.9. The van der Waals surface area contributed by atoms with Gasteiger partial charge in [-0.25, -0.2) is 0 Å². The van der Waals surface area contributed by atoms with E-state index in [0.29, 0.717) is 22.8 Å². The third-order valence-electron chi connectivity index (χ3n) is 5.25. The predicted octanol–water partition coefficient (Wildman–Crippen LogP) is 5.15. The molecule has 2 aromatic carbocycles. The van der Waals surface area contributed by atoms with Crippen LogP contribution in [0.3, 0.4) is 0 Å². The molecule has 0 aliphatic carbocycles. The highest BCUT2D eigenvalue weighted by atomic mass is 32.2. The Kier molecular flexibility index (Phi) is 7.22. The Morgan fingerprint density at radius 2 is 2.03 bits per heavy atom. The predicted molar refractivity (Wildman–Crippen MR) is 132 cm³/mol. The van der Waals surface area contributed by atoms with Gasteiger partial charge < -0.3 is 9.64 Å². The highest BCUT2D eigenvalue weighted by Crippen LogP contribution is 2.38. The molecule has 6 nitrogen and oxygen atoms in total. The van der Waals surface area contributed by atoms with Crippen molar-refractivity contribution in [2.45, 2.75) is 35.2 Å². The van der Waals surface area contributed by atoms with Crippen molar-refractivity contribution < 1.29 is 9.53 Å². The fraction of sp³-hybridized carbons (Fsp3) is 0.292. The molecule has 2 heterocycles. The first-order chi connectivity index (χ1) is 15.6. The van der Waals surface area contributed by atoms with E-state index in [1.54, 1.807) is 13.2 Å². The van der Waals surface area contributed by atoms with Crippen LogP contribution in [0.2, 0.25) is 0 Å². The average molecular weight is 467 g/mol. The van der Waals surface area contributed by atoms with Gasteiger partial charge in [-0.2, -0.15) is 0 Å². The molecule has 8 heteroatoms. The van der Waals surface area contributed by atoms with Gasteiger partial charge in [0.25, 0.3) is 0 Å². The molecule has 0 saturated heterocycles. The second-order valence-electron chi connectivity index (χ2n) is 7.42. The molecular weight excluding hydrogens is 440 g/mol. The lowest BCUT2D eigenvalue weighted by Gasteiger charge is -2.22. The molecule has 0 spiro atoms. The minimum Gasteiger partial charge on any atom is -0.496 e. The summed E-state index contributed by atoms with van der Waals surface area (Å²) in [5.74, 6) is 1.78. The van der Waals surface area contributed by atoms with E-state index in [1.807, 2.05) is 63.7 Å². The van der Waals surface area contributed by atoms with Crippen LogP contribution in [0, 0.1) is 0 Å². The summed E-state index contributed by atoms with van der Waals surface area (Å²) in [6, 6.07) is 15.9. The molecule has 1 aliphatic heterocycles. The number of nitrogens with zero attached hydrogens (tertiary/aromatic N) is 4.